The molecular formula is C69H69N. The molecule has 1 heteroatoms. The average Bonchev–Trinajstić information content (AvgIpc) is 4.00. The highest BCUT2D eigenvalue weighted by atomic mass is 15.0. The summed E-state index contributed by atoms with van der Waals surface area (Å²) < 4.78 is 2.45. The van der Waals surface area contributed by atoms with Crippen LogP contribution in [0, 0.1) is 0 Å². The highest BCUT2D eigenvalue weighted by Crippen LogP contribution is 2.56. The minimum Gasteiger partial charge on any atom is -0.341 e. The van der Waals surface area contributed by atoms with Crippen molar-refractivity contribution in [2.75, 3.05) is 0 Å². The van der Waals surface area contributed by atoms with Gasteiger partial charge in [0.05, 0.1) is 0 Å². The van der Waals surface area contributed by atoms with Crippen LogP contribution in [-0.2, 0) is 12.0 Å². The van der Waals surface area contributed by atoms with E-state index < -0.39 is 0 Å². The van der Waals surface area contributed by atoms with Crippen LogP contribution in [0.3, 0.4) is 0 Å². The molecule has 70 heavy (non-hydrogen) atoms. The quantitative estimate of drug-likeness (QED) is 0.0713. The Bertz CT molecular complexity index is 3310. The van der Waals surface area contributed by atoms with Crippen LogP contribution in [-0.4, -0.2) is 4.57 Å². The number of hydrogen-bond donors (Lipinski definition) is 0. The van der Waals surface area contributed by atoms with Gasteiger partial charge in [0, 0.05) is 33.8 Å². The average molecular weight is 912 g/mol. The lowest BCUT2D eigenvalue weighted by Crippen LogP contribution is -2.25. The largest absolute Gasteiger partial charge is 0.341 e. The molecule has 0 fully saturated rings. The van der Waals surface area contributed by atoms with Crippen molar-refractivity contribution >= 4 is 33.5 Å². The van der Waals surface area contributed by atoms with Crippen LogP contribution < -0.4 is 0 Å². The fourth-order valence-corrected chi connectivity index (χ4v) is 12.5. The predicted molar refractivity (Wildman–Crippen MR) is 302 cm³/mol. The third kappa shape index (κ3) is 8.57. The second-order valence-electron chi connectivity index (χ2n) is 20.5. The summed E-state index contributed by atoms with van der Waals surface area (Å²) in [6.45, 7) is 7.85. The lowest BCUT2D eigenvalue weighted by atomic mass is 9.70. The van der Waals surface area contributed by atoms with Gasteiger partial charge in [-0.3, -0.25) is 0 Å². The van der Waals surface area contributed by atoms with Crippen molar-refractivity contribution in [3.05, 3.63) is 204 Å². The van der Waals surface area contributed by atoms with E-state index in [1.54, 1.807) is 11.1 Å². The number of nitrogens with zero attached hydrogens (tertiary/aromatic N) is 1. The number of fused-ring (bicyclic) bond motifs is 9. The van der Waals surface area contributed by atoms with E-state index in [0.717, 1.165) is 6.54 Å². The molecule has 0 saturated heterocycles. The van der Waals surface area contributed by atoms with Gasteiger partial charge in [-0.25, -0.2) is 0 Å². The first-order chi connectivity index (χ1) is 34.6. The number of hydrogen-bond acceptors (Lipinski definition) is 0. The lowest BCUT2D eigenvalue weighted by molar-refractivity contribution is 0.398. The van der Waals surface area contributed by atoms with Gasteiger partial charge in [0.2, 0.25) is 0 Å². The van der Waals surface area contributed by atoms with Crippen molar-refractivity contribution in [2.24, 2.45) is 0 Å². The van der Waals surface area contributed by atoms with Crippen LogP contribution in [0.4, 0.5) is 0 Å². The van der Waals surface area contributed by atoms with Gasteiger partial charge in [-0.15, -0.1) is 0 Å². The van der Waals surface area contributed by atoms with Crippen LogP contribution in [0.15, 0.2) is 176 Å². The van der Waals surface area contributed by atoms with Crippen LogP contribution in [0.1, 0.15) is 138 Å². The van der Waals surface area contributed by atoms with E-state index in [1.165, 1.54) is 190 Å². The number of para-hydroxylation sites is 1. The zero-order chi connectivity index (χ0) is 47.4. The maximum Gasteiger partial charge on any atom is 0.0491 e. The van der Waals surface area contributed by atoms with E-state index in [4.69, 9.17) is 0 Å². The topological polar surface area (TPSA) is 4.93 Å². The van der Waals surface area contributed by atoms with E-state index in [1.807, 2.05) is 0 Å². The highest BCUT2D eigenvalue weighted by Gasteiger charge is 2.43. The van der Waals surface area contributed by atoms with Crippen LogP contribution in [0.25, 0.3) is 89.1 Å². The molecule has 2 aliphatic carbocycles. The molecular weight excluding hydrogens is 843 g/mol. The Morgan fingerprint density at radius 3 is 1.37 bits per heavy atom. The molecule has 0 N–H and O–H groups in total. The van der Waals surface area contributed by atoms with Crippen molar-refractivity contribution < 1.29 is 0 Å². The fourth-order valence-electron chi connectivity index (χ4n) is 12.5. The van der Waals surface area contributed by atoms with Crippen LogP contribution in [0.2, 0.25) is 0 Å². The second kappa shape index (κ2) is 20.3. The van der Waals surface area contributed by atoms with Crippen LogP contribution in [0.5, 0.6) is 0 Å². The summed E-state index contributed by atoms with van der Waals surface area (Å²) in [5, 5.41) is 2.64. The molecule has 1 aromatic heterocycles. The first kappa shape index (κ1) is 45.7. The molecule has 0 unspecified atom stereocenters. The van der Waals surface area contributed by atoms with Crippen molar-refractivity contribution in [1.82, 2.24) is 4.57 Å². The summed E-state index contributed by atoms with van der Waals surface area (Å²) in [6.07, 6.45) is 20.6. The third-order valence-electron chi connectivity index (χ3n) is 16.2. The molecule has 0 atom stereocenters. The molecule has 1 nitrogen and oxygen atoms in total. The molecule has 2 aliphatic rings. The van der Waals surface area contributed by atoms with Gasteiger partial charge in [-0.2, -0.15) is 0 Å². The van der Waals surface area contributed by atoms with Crippen molar-refractivity contribution in [3.8, 4) is 55.6 Å². The molecule has 8 aromatic carbocycles. The molecule has 0 bridgehead atoms. The van der Waals surface area contributed by atoms with Gasteiger partial charge in [0.1, 0.15) is 0 Å². The summed E-state index contributed by atoms with van der Waals surface area (Å²) in [4.78, 5) is 0. The Morgan fingerprint density at radius 1 is 0.357 bits per heavy atom. The SMILES string of the molecule is CCCCCCCCC1(CCCCCCCC)c2cc(-c3ccccc3)ccc2-c2ccc(-c3ccc4c(c3)/C(=C\c3ccc5c(c3)c3ccccc3n5CC)c3cc(-c5ccccc5)ccc3-4)cc21. The fraction of sp³-hybridized carbons (Fsp3) is 0.275. The third-order valence-corrected chi connectivity index (χ3v) is 16.2. The summed E-state index contributed by atoms with van der Waals surface area (Å²) in [5.74, 6) is 0. The number of aromatic nitrogens is 1. The first-order valence-electron chi connectivity index (χ1n) is 27.0. The molecule has 350 valence electrons. The van der Waals surface area contributed by atoms with Gasteiger partial charge in [0.15, 0.2) is 0 Å². The first-order valence-corrected chi connectivity index (χ1v) is 27.0. The van der Waals surface area contributed by atoms with Crippen molar-refractivity contribution in [1.29, 1.82) is 0 Å². The predicted octanol–water partition coefficient (Wildman–Crippen LogP) is 20.2. The Morgan fingerprint density at radius 2 is 0.814 bits per heavy atom. The Hall–Kier alpha value is -6.70. The standard InChI is InChI=1S/C69H69N/c1-4-7-9-11-13-23-41-69(42-24-14-12-10-8-5-2)65-47-54(51-27-19-16-20-28-51)34-38-58(65)59-39-35-55(48-66(59)69)53-33-37-57-56-36-32-52(50-25-17-15-18-26-50)45-62(56)61(63(57)46-53)43-49-31-40-68-64(44-49)60-29-21-22-30-67(60)70(68)6-3/h15-22,25-40,43-48H,4-14,23-24,41-42H2,1-3H3/b61-43-. The zero-order valence-corrected chi connectivity index (χ0v) is 41.9. The van der Waals surface area contributed by atoms with E-state index in [2.05, 4.69) is 207 Å². The monoisotopic (exact) mass is 912 g/mol. The van der Waals surface area contributed by atoms with Gasteiger partial charge >= 0.3 is 0 Å². The summed E-state index contributed by atoms with van der Waals surface area (Å²) in [6, 6.07) is 67.4. The van der Waals surface area contributed by atoms with E-state index in [-0.39, 0.29) is 5.41 Å². The smallest absolute Gasteiger partial charge is 0.0491 e. The normalized spacial score (nSPS) is 13.8. The van der Waals surface area contributed by atoms with Crippen molar-refractivity contribution in [3.63, 3.8) is 0 Å². The van der Waals surface area contributed by atoms with Crippen molar-refractivity contribution in [2.45, 2.75) is 123 Å². The lowest BCUT2D eigenvalue weighted by Gasteiger charge is -2.33. The molecule has 9 aromatic rings. The number of unbranched alkanes of at least 4 members (excludes halogenated alkanes) is 10. The maximum absolute atomic E-state index is 2.64. The summed E-state index contributed by atoms with van der Waals surface area (Å²) in [5.41, 5.74) is 24.1. The van der Waals surface area contributed by atoms with Gasteiger partial charge in [0.25, 0.3) is 0 Å². The van der Waals surface area contributed by atoms with E-state index >= 15 is 0 Å². The van der Waals surface area contributed by atoms with Gasteiger partial charge in [-0.1, -0.05) is 224 Å². The second-order valence-corrected chi connectivity index (χ2v) is 20.5. The van der Waals surface area contributed by atoms with Gasteiger partial charge < -0.3 is 4.57 Å². The number of benzene rings is 8. The molecule has 0 radical (unpaired) electrons. The minimum atomic E-state index is -0.0214. The molecule has 11 rings (SSSR count). The number of aryl methyl sites for hydroxylation is 1. The molecule has 0 spiro atoms. The Kier molecular flexibility index (Phi) is 13.3. The molecule has 1 heterocycles. The maximum atomic E-state index is 2.64. The Balaban J connectivity index is 1.03. The summed E-state index contributed by atoms with van der Waals surface area (Å²) >= 11 is 0. The Labute approximate surface area is 418 Å². The summed E-state index contributed by atoms with van der Waals surface area (Å²) in [7, 11) is 0. The minimum absolute atomic E-state index is 0.0214. The van der Waals surface area contributed by atoms with Gasteiger partial charge in [-0.05, 0) is 157 Å². The van der Waals surface area contributed by atoms with E-state index in [0.29, 0.717) is 0 Å². The van der Waals surface area contributed by atoms with E-state index in [9.17, 15) is 0 Å². The van der Waals surface area contributed by atoms with Crippen LogP contribution >= 0.6 is 0 Å². The molecule has 0 aliphatic heterocycles. The zero-order valence-electron chi connectivity index (χ0n) is 41.9. The molecule has 0 amide bonds. The molecule has 0 saturated carbocycles. The number of rotatable bonds is 19. The highest BCUT2D eigenvalue weighted by molar-refractivity contribution is 6.11.